The van der Waals surface area contributed by atoms with Gasteiger partial charge in [0.25, 0.3) is 0 Å². The van der Waals surface area contributed by atoms with E-state index in [1.54, 1.807) is 7.11 Å². The summed E-state index contributed by atoms with van der Waals surface area (Å²) >= 11 is 0. The molecule has 0 heterocycles. The number of hydrogen-bond acceptors (Lipinski definition) is 3. The van der Waals surface area contributed by atoms with Crippen molar-refractivity contribution in [3.63, 3.8) is 0 Å². The first-order chi connectivity index (χ1) is 9.69. The van der Waals surface area contributed by atoms with Gasteiger partial charge in [-0.15, -0.1) is 0 Å². The zero-order chi connectivity index (χ0) is 14.8. The minimum Gasteiger partial charge on any atom is -0.385 e. The lowest BCUT2D eigenvalue weighted by molar-refractivity contribution is -0.123. The summed E-state index contributed by atoms with van der Waals surface area (Å²) in [5.74, 6) is 0.854. The maximum absolute atomic E-state index is 12.0. The molecule has 1 fully saturated rings. The van der Waals surface area contributed by atoms with Gasteiger partial charge in [-0.3, -0.25) is 4.79 Å². The van der Waals surface area contributed by atoms with E-state index in [1.165, 1.54) is 32.1 Å². The number of carbonyl (C=O) groups excluding carboxylic acids is 1. The number of ether oxygens (including phenoxy) is 1. The Balaban J connectivity index is 2.29. The molecule has 1 saturated carbocycles. The van der Waals surface area contributed by atoms with Crippen molar-refractivity contribution in [1.29, 1.82) is 0 Å². The fraction of sp³-hybridized carbons (Fsp3) is 0.938. The van der Waals surface area contributed by atoms with Crippen LogP contribution in [-0.2, 0) is 9.53 Å². The zero-order valence-corrected chi connectivity index (χ0v) is 13.4. The first kappa shape index (κ1) is 17.4. The van der Waals surface area contributed by atoms with Gasteiger partial charge in [0.1, 0.15) is 0 Å². The molecule has 1 aliphatic carbocycles. The second kappa shape index (κ2) is 10.2. The normalized spacial score (nSPS) is 19.6. The van der Waals surface area contributed by atoms with Crippen LogP contribution in [0.1, 0.15) is 58.8 Å². The molecular weight excluding hydrogens is 252 g/mol. The smallest absolute Gasteiger partial charge is 0.236 e. The Labute approximate surface area is 124 Å². The molecule has 118 valence electrons. The molecule has 0 aromatic heterocycles. The third-order valence-corrected chi connectivity index (χ3v) is 4.34. The third-order valence-electron chi connectivity index (χ3n) is 4.34. The van der Waals surface area contributed by atoms with E-state index in [0.717, 1.165) is 18.8 Å². The third kappa shape index (κ3) is 6.23. The Morgan fingerprint density at radius 2 is 2.00 bits per heavy atom. The predicted molar refractivity (Wildman–Crippen MR) is 82.8 cm³/mol. The van der Waals surface area contributed by atoms with Gasteiger partial charge in [0, 0.05) is 26.3 Å². The highest BCUT2D eigenvalue weighted by molar-refractivity contribution is 5.81. The second-order valence-corrected chi connectivity index (χ2v) is 5.94. The molecule has 0 aromatic carbocycles. The molecule has 2 N–H and O–H groups in total. The molecule has 2 unspecified atom stereocenters. The number of carbonyl (C=O) groups is 1. The van der Waals surface area contributed by atoms with Crippen LogP contribution < -0.4 is 10.6 Å². The van der Waals surface area contributed by atoms with Crippen LogP contribution in [0.2, 0.25) is 0 Å². The van der Waals surface area contributed by atoms with E-state index in [2.05, 4.69) is 17.6 Å². The van der Waals surface area contributed by atoms with Crippen molar-refractivity contribution >= 4 is 5.91 Å². The maximum atomic E-state index is 12.0. The van der Waals surface area contributed by atoms with E-state index in [9.17, 15) is 4.79 Å². The quantitative estimate of drug-likeness (QED) is 0.640. The lowest BCUT2D eigenvalue weighted by atomic mass is 9.82. The van der Waals surface area contributed by atoms with E-state index in [-0.39, 0.29) is 11.9 Å². The monoisotopic (exact) mass is 284 g/mol. The summed E-state index contributed by atoms with van der Waals surface area (Å²) in [5, 5.41) is 6.50. The van der Waals surface area contributed by atoms with E-state index in [1.807, 2.05) is 6.92 Å². The van der Waals surface area contributed by atoms with E-state index in [4.69, 9.17) is 4.74 Å². The average Bonchev–Trinajstić information content (AvgIpc) is 2.49. The molecule has 0 radical (unpaired) electrons. The van der Waals surface area contributed by atoms with Crippen LogP contribution in [0.4, 0.5) is 0 Å². The van der Waals surface area contributed by atoms with Crippen LogP contribution in [0.5, 0.6) is 0 Å². The predicted octanol–water partition coefficient (Wildman–Crippen LogP) is 2.48. The van der Waals surface area contributed by atoms with Crippen molar-refractivity contribution in [2.75, 3.05) is 20.3 Å². The molecule has 1 amide bonds. The van der Waals surface area contributed by atoms with Crippen molar-refractivity contribution in [3.8, 4) is 0 Å². The molecule has 2 atom stereocenters. The molecule has 0 bridgehead atoms. The van der Waals surface area contributed by atoms with Gasteiger partial charge in [-0.1, -0.05) is 26.2 Å². The first-order valence-electron chi connectivity index (χ1n) is 8.21. The Morgan fingerprint density at radius 1 is 1.30 bits per heavy atom. The van der Waals surface area contributed by atoms with Crippen LogP contribution >= 0.6 is 0 Å². The fourth-order valence-electron chi connectivity index (χ4n) is 3.10. The molecule has 20 heavy (non-hydrogen) atoms. The fourth-order valence-corrected chi connectivity index (χ4v) is 3.10. The molecular formula is C16H32N2O2. The van der Waals surface area contributed by atoms with Gasteiger partial charge in [0.05, 0.1) is 6.04 Å². The summed E-state index contributed by atoms with van der Waals surface area (Å²) in [7, 11) is 1.68. The van der Waals surface area contributed by atoms with Crippen LogP contribution in [-0.4, -0.2) is 38.3 Å². The summed E-state index contributed by atoms with van der Waals surface area (Å²) in [6, 6.07) is 0.374. The van der Waals surface area contributed by atoms with Crippen LogP contribution in [0.25, 0.3) is 0 Å². The summed E-state index contributed by atoms with van der Waals surface area (Å²) in [6.45, 7) is 5.58. The minimum absolute atomic E-state index is 0.107. The number of amides is 1. The topological polar surface area (TPSA) is 50.4 Å². The van der Waals surface area contributed by atoms with Gasteiger partial charge in [-0.05, 0) is 38.5 Å². The number of hydrogen-bond donors (Lipinski definition) is 2. The minimum atomic E-state index is -0.107. The standard InChI is InChI=1S/C16H32N2O2/c1-4-15(14-9-6-5-7-10-14)18-13(2)16(19)17-11-8-12-20-3/h13-15,18H,4-12H2,1-3H3,(H,17,19). The Hall–Kier alpha value is -0.610. The summed E-state index contributed by atoms with van der Waals surface area (Å²) < 4.78 is 4.98. The van der Waals surface area contributed by atoms with Crippen LogP contribution in [0.15, 0.2) is 0 Å². The van der Waals surface area contributed by atoms with Crippen LogP contribution in [0.3, 0.4) is 0 Å². The molecule has 1 aliphatic rings. The van der Waals surface area contributed by atoms with Gasteiger partial charge in [-0.25, -0.2) is 0 Å². The zero-order valence-electron chi connectivity index (χ0n) is 13.4. The maximum Gasteiger partial charge on any atom is 0.236 e. The molecule has 0 aromatic rings. The van der Waals surface area contributed by atoms with Crippen molar-refractivity contribution in [2.45, 2.75) is 70.9 Å². The summed E-state index contributed by atoms with van der Waals surface area (Å²) in [5.41, 5.74) is 0. The van der Waals surface area contributed by atoms with E-state index >= 15 is 0 Å². The van der Waals surface area contributed by atoms with Gasteiger partial charge in [-0.2, -0.15) is 0 Å². The molecule has 0 spiro atoms. The highest BCUT2D eigenvalue weighted by Crippen LogP contribution is 2.27. The SMILES string of the molecule is CCC(NC(C)C(=O)NCCCOC)C1CCCCC1. The highest BCUT2D eigenvalue weighted by atomic mass is 16.5. The first-order valence-corrected chi connectivity index (χ1v) is 8.21. The van der Waals surface area contributed by atoms with Gasteiger partial charge in [0.2, 0.25) is 5.91 Å². The van der Waals surface area contributed by atoms with E-state index in [0.29, 0.717) is 19.2 Å². The van der Waals surface area contributed by atoms with Gasteiger partial charge < -0.3 is 15.4 Å². The van der Waals surface area contributed by atoms with Crippen molar-refractivity contribution in [3.05, 3.63) is 0 Å². The second-order valence-electron chi connectivity index (χ2n) is 5.94. The molecule has 0 saturated heterocycles. The average molecular weight is 284 g/mol. The molecule has 0 aliphatic heterocycles. The van der Waals surface area contributed by atoms with Crippen molar-refractivity contribution in [1.82, 2.24) is 10.6 Å². The molecule has 4 heteroatoms. The Morgan fingerprint density at radius 3 is 2.60 bits per heavy atom. The summed E-state index contributed by atoms with van der Waals surface area (Å²) in [4.78, 5) is 12.0. The number of methoxy groups -OCH3 is 1. The number of nitrogens with one attached hydrogen (secondary N) is 2. The van der Waals surface area contributed by atoms with Crippen LogP contribution in [0, 0.1) is 5.92 Å². The summed E-state index contributed by atoms with van der Waals surface area (Å²) in [6.07, 6.45) is 8.67. The molecule has 1 rings (SSSR count). The number of rotatable bonds is 9. The van der Waals surface area contributed by atoms with Gasteiger partial charge in [0.15, 0.2) is 0 Å². The largest absolute Gasteiger partial charge is 0.385 e. The highest BCUT2D eigenvalue weighted by Gasteiger charge is 2.25. The Kier molecular flexibility index (Phi) is 8.86. The lowest BCUT2D eigenvalue weighted by Crippen LogP contribution is -2.49. The van der Waals surface area contributed by atoms with Gasteiger partial charge >= 0.3 is 0 Å². The van der Waals surface area contributed by atoms with E-state index < -0.39 is 0 Å². The lowest BCUT2D eigenvalue weighted by Gasteiger charge is -2.32. The van der Waals surface area contributed by atoms with Crippen molar-refractivity contribution < 1.29 is 9.53 Å². The van der Waals surface area contributed by atoms with Crippen molar-refractivity contribution in [2.24, 2.45) is 5.92 Å². The molecule has 4 nitrogen and oxygen atoms in total. The Bertz CT molecular complexity index is 265.